The van der Waals surface area contributed by atoms with Gasteiger partial charge in [0, 0.05) is 43.0 Å². The standard InChI is InChI=1S/C23H27N7OS/c24-22-21-19(17-4-1-3-15(7-17)11-29-13-20(31)27-32-29)12-30(23(21)26-14-25-22)18-8-16(9-18)10-28-5-2-6-28/h1,3-4,7,12,14,16,18H,2,5-6,8-11,13H2,(H,27,31)(H2,24,25,26). The molecule has 2 aromatic heterocycles. The summed E-state index contributed by atoms with van der Waals surface area (Å²) in [5, 5.41) is 0.934. The fraction of sp³-hybridized carbons (Fsp3) is 0.435. The SMILES string of the molecule is Nc1ncnc2c1c(-c1cccc(CN3CC(=O)NS3)c1)cn2C1CC(CN2CCC2)C1. The number of hydrogen-bond acceptors (Lipinski definition) is 7. The predicted molar refractivity (Wildman–Crippen MR) is 126 cm³/mol. The second kappa shape index (κ2) is 8.06. The Morgan fingerprint density at radius 2 is 2.09 bits per heavy atom. The fourth-order valence-corrected chi connectivity index (χ4v) is 5.77. The Kier molecular flexibility index (Phi) is 5.04. The van der Waals surface area contributed by atoms with Crippen molar-refractivity contribution in [2.24, 2.45) is 5.92 Å². The number of hydrogen-bond donors (Lipinski definition) is 2. The molecule has 0 bridgehead atoms. The lowest BCUT2D eigenvalue weighted by molar-refractivity contribution is -0.118. The highest BCUT2D eigenvalue weighted by Gasteiger charge is 2.34. The molecule has 9 heteroatoms. The first kappa shape index (κ1) is 20.0. The third-order valence-corrected chi connectivity index (χ3v) is 7.75. The van der Waals surface area contributed by atoms with Gasteiger partial charge in [0.15, 0.2) is 0 Å². The molecule has 4 heterocycles. The first-order chi connectivity index (χ1) is 15.6. The van der Waals surface area contributed by atoms with Crippen LogP contribution in [0.2, 0.25) is 0 Å². The summed E-state index contributed by atoms with van der Waals surface area (Å²) < 4.78 is 7.13. The van der Waals surface area contributed by atoms with Crippen molar-refractivity contribution in [1.29, 1.82) is 0 Å². The molecule has 3 aliphatic rings. The molecule has 0 radical (unpaired) electrons. The highest BCUT2D eigenvalue weighted by molar-refractivity contribution is 7.96. The van der Waals surface area contributed by atoms with Gasteiger partial charge >= 0.3 is 0 Å². The van der Waals surface area contributed by atoms with E-state index in [2.05, 4.69) is 54.6 Å². The van der Waals surface area contributed by atoms with Crippen molar-refractivity contribution in [3.8, 4) is 11.1 Å². The number of nitrogens with one attached hydrogen (secondary N) is 1. The molecule has 8 nitrogen and oxygen atoms in total. The molecule has 2 aliphatic heterocycles. The molecule has 6 rings (SSSR count). The van der Waals surface area contributed by atoms with Crippen LogP contribution < -0.4 is 10.5 Å². The molecule has 2 saturated heterocycles. The lowest BCUT2D eigenvalue weighted by atomic mass is 9.79. The van der Waals surface area contributed by atoms with Gasteiger partial charge in [-0.3, -0.25) is 9.52 Å². The molecular formula is C23H27N7OS. The third kappa shape index (κ3) is 3.64. The summed E-state index contributed by atoms with van der Waals surface area (Å²) in [6.45, 7) is 4.86. The lowest BCUT2D eigenvalue weighted by Gasteiger charge is -2.42. The van der Waals surface area contributed by atoms with Crippen LogP contribution in [-0.4, -0.2) is 55.8 Å². The average molecular weight is 450 g/mol. The molecule has 1 aromatic carbocycles. The number of benzene rings is 1. The summed E-state index contributed by atoms with van der Waals surface area (Å²) in [4.78, 5) is 23.0. The minimum absolute atomic E-state index is 0.0482. The van der Waals surface area contributed by atoms with Gasteiger partial charge < -0.3 is 15.2 Å². The summed E-state index contributed by atoms with van der Waals surface area (Å²) in [6, 6.07) is 8.92. The molecule has 166 valence electrons. The van der Waals surface area contributed by atoms with Crippen LogP contribution in [0.4, 0.5) is 5.82 Å². The number of carbonyl (C=O) groups excluding carboxylic acids is 1. The van der Waals surface area contributed by atoms with Gasteiger partial charge in [0.05, 0.1) is 11.9 Å². The van der Waals surface area contributed by atoms with Gasteiger partial charge in [-0.05, 0) is 55.5 Å². The van der Waals surface area contributed by atoms with Gasteiger partial charge in [0.2, 0.25) is 5.91 Å². The minimum atomic E-state index is 0.0482. The van der Waals surface area contributed by atoms with Gasteiger partial charge in [-0.1, -0.05) is 18.2 Å². The maximum Gasteiger partial charge on any atom is 0.246 e. The molecule has 3 aromatic rings. The number of amides is 1. The Bertz CT molecular complexity index is 1170. The number of nitrogens with two attached hydrogens (primary N) is 1. The molecule has 0 spiro atoms. The largest absolute Gasteiger partial charge is 0.383 e. The molecule has 0 unspecified atom stereocenters. The molecular weight excluding hydrogens is 422 g/mol. The quantitative estimate of drug-likeness (QED) is 0.559. The van der Waals surface area contributed by atoms with E-state index in [1.165, 1.54) is 51.0 Å². The molecule has 1 aliphatic carbocycles. The van der Waals surface area contributed by atoms with Crippen molar-refractivity contribution < 1.29 is 4.79 Å². The molecule has 1 amide bonds. The molecule has 1 saturated carbocycles. The number of fused-ring (bicyclic) bond motifs is 1. The summed E-state index contributed by atoms with van der Waals surface area (Å²) in [5.41, 5.74) is 10.6. The van der Waals surface area contributed by atoms with Crippen molar-refractivity contribution in [2.45, 2.75) is 31.8 Å². The number of rotatable bonds is 6. The van der Waals surface area contributed by atoms with Crippen molar-refractivity contribution in [1.82, 2.24) is 28.5 Å². The van der Waals surface area contributed by atoms with Crippen molar-refractivity contribution in [3.05, 3.63) is 42.4 Å². The number of anilines is 1. The molecule has 32 heavy (non-hydrogen) atoms. The van der Waals surface area contributed by atoms with Crippen LogP contribution in [0.3, 0.4) is 0 Å². The van der Waals surface area contributed by atoms with Gasteiger partial charge in [0.1, 0.15) is 17.8 Å². The summed E-state index contributed by atoms with van der Waals surface area (Å²) in [5.74, 6) is 1.35. The zero-order valence-electron chi connectivity index (χ0n) is 17.9. The topological polar surface area (TPSA) is 92.3 Å². The zero-order chi connectivity index (χ0) is 21.7. The molecule has 0 atom stereocenters. The smallest absolute Gasteiger partial charge is 0.246 e. The lowest BCUT2D eigenvalue weighted by Crippen LogP contribution is -2.43. The number of nitrogens with zero attached hydrogens (tertiary/aromatic N) is 5. The Labute approximate surface area is 191 Å². The van der Waals surface area contributed by atoms with Crippen LogP contribution in [0.5, 0.6) is 0 Å². The maximum absolute atomic E-state index is 11.5. The van der Waals surface area contributed by atoms with E-state index in [1.54, 1.807) is 6.33 Å². The normalized spacial score (nSPS) is 23.8. The highest BCUT2D eigenvalue weighted by atomic mass is 32.2. The Balaban J connectivity index is 1.29. The Morgan fingerprint density at radius 1 is 1.22 bits per heavy atom. The van der Waals surface area contributed by atoms with Crippen molar-refractivity contribution >= 4 is 34.9 Å². The van der Waals surface area contributed by atoms with E-state index >= 15 is 0 Å². The van der Waals surface area contributed by atoms with E-state index in [9.17, 15) is 4.79 Å². The van der Waals surface area contributed by atoms with Gasteiger partial charge in [-0.15, -0.1) is 0 Å². The first-order valence-electron chi connectivity index (χ1n) is 11.3. The van der Waals surface area contributed by atoms with Crippen LogP contribution in [0.25, 0.3) is 22.2 Å². The third-order valence-electron chi connectivity index (χ3n) is 6.91. The van der Waals surface area contributed by atoms with E-state index in [1.807, 2.05) is 4.31 Å². The summed E-state index contributed by atoms with van der Waals surface area (Å²) >= 11 is 1.37. The number of nitrogen functional groups attached to an aromatic ring is 1. The average Bonchev–Trinajstić information content (AvgIpc) is 3.30. The Morgan fingerprint density at radius 3 is 2.84 bits per heavy atom. The van der Waals surface area contributed by atoms with E-state index in [0.29, 0.717) is 24.9 Å². The van der Waals surface area contributed by atoms with E-state index < -0.39 is 0 Å². The molecule has 3 N–H and O–H groups in total. The Hall–Kier alpha value is -2.62. The van der Waals surface area contributed by atoms with Crippen LogP contribution in [0.1, 0.15) is 30.9 Å². The maximum atomic E-state index is 11.5. The summed E-state index contributed by atoms with van der Waals surface area (Å²) in [6.07, 6.45) is 7.52. The van der Waals surface area contributed by atoms with Gasteiger partial charge in [-0.25, -0.2) is 14.3 Å². The van der Waals surface area contributed by atoms with Crippen molar-refractivity contribution in [3.63, 3.8) is 0 Å². The second-order valence-corrected chi connectivity index (χ2v) is 10.1. The van der Waals surface area contributed by atoms with Crippen molar-refractivity contribution in [2.75, 3.05) is 31.9 Å². The second-order valence-electron chi connectivity index (χ2n) is 9.17. The van der Waals surface area contributed by atoms with Gasteiger partial charge in [0.25, 0.3) is 0 Å². The van der Waals surface area contributed by atoms with Crippen LogP contribution >= 0.6 is 12.1 Å². The van der Waals surface area contributed by atoms with E-state index in [4.69, 9.17) is 5.73 Å². The predicted octanol–water partition coefficient (Wildman–Crippen LogP) is 2.83. The first-order valence-corrected chi connectivity index (χ1v) is 12.0. The van der Waals surface area contributed by atoms with Gasteiger partial charge in [-0.2, -0.15) is 0 Å². The fourth-order valence-electron chi connectivity index (χ4n) is 5.08. The minimum Gasteiger partial charge on any atom is -0.383 e. The number of aromatic nitrogens is 3. The van der Waals surface area contributed by atoms with Crippen LogP contribution in [-0.2, 0) is 11.3 Å². The van der Waals surface area contributed by atoms with Crippen LogP contribution in [0, 0.1) is 5.92 Å². The molecule has 3 fully saturated rings. The van der Waals surface area contributed by atoms with Crippen LogP contribution in [0.15, 0.2) is 36.8 Å². The highest BCUT2D eigenvalue weighted by Crippen LogP contribution is 2.43. The number of carbonyl (C=O) groups is 1. The zero-order valence-corrected chi connectivity index (χ0v) is 18.7. The summed E-state index contributed by atoms with van der Waals surface area (Å²) in [7, 11) is 0. The number of likely N-dealkylation sites (tertiary alicyclic amines) is 1. The van der Waals surface area contributed by atoms with E-state index in [0.717, 1.165) is 33.6 Å². The monoisotopic (exact) mass is 449 g/mol. The van der Waals surface area contributed by atoms with E-state index in [-0.39, 0.29) is 5.91 Å².